The Balaban J connectivity index is 0. The van der Waals surface area contributed by atoms with Crippen molar-refractivity contribution < 1.29 is 28.6 Å². The average molecular weight is 544 g/mol. The van der Waals surface area contributed by atoms with Gasteiger partial charge in [-0.05, 0) is 45.6 Å². The first-order chi connectivity index (χ1) is 18.5. The zero-order valence-electron chi connectivity index (χ0n) is 24.4. The largest absolute Gasteiger partial charge is 0.379 e. The van der Waals surface area contributed by atoms with Crippen LogP contribution in [0.2, 0.25) is 0 Å². The van der Waals surface area contributed by atoms with Crippen LogP contribution in [0, 0.1) is 0 Å². The second kappa shape index (κ2) is 31.0. The second-order valence-electron chi connectivity index (χ2n) is 8.20. The number of rotatable bonds is 26. The number of ketones is 1. The predicted molar refractivity (Wildman–Crippen MR) is 150 cm³/mol. The Kier molecular flexibility index (Phi) is 31.0. The molecule has 0 fully saturated rings. The third-order valence-electron chi connectivity index (χ3n) is 4.85. The van der Waals surface area contributed by atoms with Gasteiger partial charge in [0.15, 0.2) is 0 Å². The number of hydrogen-bond acceptors (Lipinski definition) is 9. The van der Waals surface area contributed by atoms with Crippen molar-refractivity contribution in [3.8, 4) is 0 Å². The molecular formula is C27H53N5O6. The van der Waals surface area contributed by atoms with E-state index in [1.165, 1.54) is 0 Å². The smallest absolute Gasteiger partial charge is 0.219 e. The van der Waals surface area contributed by atoms with Gasteiger partial charge in [0.2, 0.25) is 5.91 Å². The van der Waals surface area contributed by atoms with Gasteiger partial charge in [-0.2, -0.15) is 5.11 Å². The zero-order valence-corrected chi connectivity index (χ0v) is 24.4. The molecule has 0 aromatic carbocycles. The predicted octanol–water partition coefficient (Wildman–Crippen LogP) is 3.49. The lowest BCUT2D eigenvalue weighted by Crippen LogP contribution is -2.39. The Morgan fingerprint density at radius 2 is 1.47 bits per heavy atom. The summed E-state index contributed by atoms with van der Waals surface area (Å²) in [5, 5.41) is 15.4. The molecule has 2 N–H and O–H groups in total. The minimum atomic E-state index is -0.333. The molecule has 1 unspecified atom stereocenters. The number of aldehydes is 1. The number of nitrogens with zero attached hydrogens (tertiary/aromatic N) is 3. The first-order valence-corrected chi connectivity index (χ1v) is 13.9. The maximum atomic E-state index is 11.6. The molecule has 0 bridgehead atoms. The standard InChI is InChI=1S/C25H47N5O6.C2H6/c1-4-5-14-30(29-26-3)21-24(22-31)27-12-8-15-34-17-19-36-20-18-35-16-9-13-28-25(33)11-7-6-10-23(2)32;1-2/h5,14,22,24,27H,4,6-13,15-21H2,1-3H3,(H,28,33);1-2H3/b14-5+,29-26?;. The van der Waals surface area contributed by atoms with Gasteiger partial charge in [-0.3, -0.25) is 9.80 Å². The molecule has 1 amide bonds. The SMILES string of the molecule is CC.CC/C=C/N(CC(C=O)NCCCOCCOCCOCCCNC(=O)CCCCC(C)=O)N=NC. The number of Topliss-reactive ketones (excluding diaryl/α,β-unsaturated/α-hetero) is 1. The number of carbonyl (C=O) groups is 3. The van der Waals surface area contributed by atoms with Crippen LogP contribution in [0.25, 0.3) is 0 Å². The van der Waals surface area contributed by atoms with Crippen molar-refractivity contribution in [3.63, 3.8) is 0 Å². The molecule has 0 aromatic heterocycles. The zero-order chi connectivity index (χ0) is 28.7. The molecule has 0 aliphatic rings. The lowest BCUT2D eigenvalue weighted by Gasteiger charge is -2.18. The molecule has 0 heterocycles. The fourth-order valence-electron chi connectivity index (χ4n) is 2.98. The van der Waals surface area contributed by atoms with Crippen LogP contribution < -0.4 is 10.6 Å². The molecule has 0 aromatic rings. The highest BCUT2D eigenvalue weighted by Gasteiger charge is 2.10. The quantitative estimate of drug-likeness (QED) is 0.0734. The van der Waals surface area contributed by atoms with Crippen molar-refractivity contribution in [1.29, 1.82) is 0 Å². The number of amides is 1. The van der Waals surface area contributed by atoms with Crippen LogP contribution in [0.15, 0.2) is 22.6 Å². The summed E-state index contributed by atoms with van der Waals surface area (Å²) < 4.78 is 16.5. The van der Waals surface area contributed by atoms with Crippen LogP contribution >= 0.6 is 0 Å². The third-order valence-corrected chi connectivity index (χ3v) is 4.85. The van der Waals surface area contributed by atoms with Crippen LogP contribution in [-0.2, 0) is 28.6 Å². The van der Waals surface area contributed by atoms with E-state index in [4.69, 9.17) is 14.2 Å². The lowest BCUT2D eigenvalue weighted by atomic mass is 10.1. The number of hydrogen-bond donors (Lipinski definition) is 2. The maximum absolute atomic E-state index is 11.6. The molecule has 38 heavy (non-hydrogen) atoms. The van der Waals surface area contributed by atoms with E-state index >= 15 is 0 Å². The number of allylic oxidation sites excluding steroid dienone is 1. The van der Waals surface area contributed by atoms with Gasteiger partial charge >= 0.3 is 0 Å². The van der Waals surface area contributed by atoms with E-state index in [1.54, 1.807) is 19.0 Å². The summed E-state index contributed by atoms with van der Waals surface area (Å²) in [6.45, 7) is 12.4. The fourth-order valence-corrected chi connectivity index (χ4v) is 2.98. The molecule has 0 aliphatic carbocycles. The van der Waals surface area contributed by atoms with Crippen LogP contribution in [0.3, 0.4) is 0 Å². The number of nitrogens with one attached hydrogen (secondary N) is 2. The van der Waals surface area contributed by atoms with Gasteiger partial charge in [0.25, 0.3) is 0 Å². The van der Waals surface area contributed by atoms with Crippen LogP contribution in [-0.4, -0.2) is 95.4 Å². The Morgan fingerprint density at radius 3 is 2.03 bits per heavy atom. The normalized spacial score (nSPS) is 11.8. The molecule has 222 valence electrons. The minimum Gasteiger partial charge on any atom is -0.379 e. The van der Waals surface area contributed by atoms with Crippen molar-refractivity contribution in [2.45, 2.75) is 78.7 Å². The van der Waals surface area contributed by atoms with E-state index in [9.17, 15) is 14.4 Å². The van der Waals surface area contributed by atoms with Crippen molar-refractivity contribution in [1.82, 2.24) is 15.6 Å². The van der Waals surface area contributed by atoms with E-state index in [1.807, 2.05) is 33.0 Å². The Morgan fingerprint density at radius 1 is 0.895 bits per heavy atom. The van der Waals surface area contributed by atoms with Crippen LogP contribution in [0.1, 0.15) is 72.6 Å². The number of unbranched alkanes of at least 4 members (excludes halogenated alkanes) is 1. The van der Waals surface area contributed by atoms with Crippen LogP contribution in [0.5, 0.6) is 0 Å². The van der Waals surface area contributed by atoms with E-state index in [-0.39, 0.29) is 17.7 Å². The highest BCUT2D eigenvalue weighted by molar-refractivity contribution is 5.76. The molecule has 0 saturated heterocycles. The monoisotopic (exact) mass is 543 g/mol. The fraction of sp³-hybridized carbons (Fsp3) is 0.815. The molecular weight excluding hydrogens is 490 g/mol. The third kappa shape index (κ3) is 28.4. The molecule has 0 rings (SSSR count). The minimum absolute atomic E-state index is 0.0203. The number of carbonyl (C=O) groups excluding carboxylic acids is 3. The van der Waals surface area contributed by atoms with Gasteiger partial charge in [-0.15, -0.1) is 0 Å². The maximum Gasteiger partial charge on any atom is 0.219 e. The van der Waals surface area contributed by atoms with E-state index < -0.39 is 0 Å². The van der Waals surface area contributed by atoms with Gasteiger partial charge in [0.1, 0.15) is 12.1 Å². The summed E-state index contributed by atoms with van der Waals surface area (Å²) >= 11 is 0. The Bertz CT molecular complexity index is 619. The van der Waals surface area contributed by atoms with Gasteiger partial charge in [-0.1, -0.05) is 32.1 Å². The van der Waals surface area contributed by atoms with Crippen LogP contribution in [0.4, 0.5) is 0 Å². The average Bonchev–Trinajstić information content (AvgIpc) is 2.92. The van der Waals surface area contributed by atoms with Gasteiger partial charge in [0, 0.05) is 38.8 Å². The molecule has 0 saturated carbocycles. The lowest BCUT2D eigenvalue weighted by molar-refractivity contribution is -0.121. The highest BCUT2D eigenvalue weighted by Crippen LogP contribution is 2.00. The van der Waals surface area contributed by atoms with Crippen molar-refractivity contribution in [3.05, 3.63) is 12.3 Å². The summed E-state index contributed by atoms with van der Waals surface area (Å²) in [5.74, 6) is 0.185. The summed E-state index contributed by atoms with van der Waals surface area (Å²) in [6.07, 6.45) is 9.58. The summed E-state index contributed by atoms with van der Waals surface area (Å²) in [7, 11) is 1.60. The molecule has 0 aliphatic heterocycles. The van der Waals surface area contributed by atoms with Crippen molar-refractivity contribution >= 4 is 18.0 Å². The van der Waals surface area contributed by atoms with Gasteiger partial charge < -0.3 is 34.4 Å². The summed E-state index contributed by atoms with van der Waals surface area (Å²) in [4.78, 5) is 33.8. The van der Waals surface area contributed by atoms with E-state index in [2.05, 4.69) is 21.0 Å². The Hall–Kier alpha value is -2.21. The number of ether oxygens (including phenoxy) is 3. The molecule has 0 radical (unpaired) electrons. The second-order valence-corrected chi connectivity index (χ2v) is 8.20. The highest BCUT2D eigenvalue weighted by atomic mass is 16.5. The first-order valence-electron chi connectivity index (χ1n) is 13.9. The van der Waals surface area contributed by atoms with Gasteiger partial charge in [-0.25, -0.2) is 0 Å². The van der Waals surface area contributed by atoms with E-state index in [0.29, 0.717) is 72.1 Å². The summed E-state index contributed by atoms with van der Waals surface area (Å²) in [6, 6.07) is -0.333. The molecule has 0 spiro atoms. The van der Waals surface area contributed by atoms with Crippen molar-refractivity contribution in [2.24, 2.45) is 10.3 Å². The topological polar surface area (TPSA) is 131 Å². The summed E-state index contributed by atoms with van der Waals surface area (Å²) in [5.41, 5.74) is 0. The molecule has 11 nitrogen and oxygen atoms in total. The molecule has 1 atom stereocenters. The Labute approximate surface area is 230 Å². The van der Waals surface area contributed by atoms with E-state index in [0.717, 1.165) is 38.4 Å². The first kappa shape index (κ1) is 37.9. The van der Waals surface area contributed by atoms with Crippen molar-refractivity contribution in [2.75, 3.05) is 66.3 Å². The van der Waals surface area contributed by atoms with Gasteiger partial charge in [0.05, 0.1) is 46.1 Å². The molecule has 11 heteroatoms.